The number of amides is 1. The van der Waals surface area contributed by atoms with Crippen LogP contribution in [0.25, 0.3) is 0 Å². The molecule has 1 aliphatic carbocycles. The lowest BCUT2D eigenvalue weighted by atomic mass is 9.93. The molecule has 0 aromatic carbocycles. The number of thiazole rings is 1. The Kier molecular flexibility index (Phi) is 4.04. The minimum absolute atomic E-state index is 0.0159. The zero-order valence-corrected chi connectivity index (χ0v) is 11.3. The highest BCUT2D eigenvalue weighted by atomic mass is 32.1. The van der Waals surface area contributed by atoms with Gasteiger partial charge in [0.05, 0.1) is 24.1 Å². The number of rotatable bonds is 5. The van der Waals surface area contributed by atoms with Gasteiger partial charge in [0, 0.05) is 5.38 Å². The Bertz CT molecular complexity index is 480. The Hall–Kier alpha value is -1.63. The van der Waals surface area contributed by atoms with Gasteiger partial charge in [0.25, 0.3) is 0 Å². The predicted octanol–water partition coefficient (Wildman–Crippen LogP) is 1.17. The molecule has 6 nitrogen and oxygen atoms in total. The molecule has 1 heterocycles. The first-order valence-corrected chi connectivity index (χ1v) is 7.10. The number of carboxylic acids is 1. The van der Waals surface area contributed by atoms with Crippen LogP contribution in [-0.4, -0.2) is 27.5 Å². The predicted molar refractivity (Wildman–Crippen MR) is 71.8 cm³/mol. The Labute approximate surface area is 115 Å². The summed E-state index contributed by atoms with van der Waals surface area (Å²) in [7, 11) is 0. The molecule has 0 saturated heterocycles. The average molecular weight is 283 g/mol. The van der Waals surface area contributed by atoms with Crippen LogP contribution in [0, 0.1) is 0 Å². The van der Waals surface area contributed by atoms with Crippen LogP contribution < -0.4 is 11.1 Å². The molecule has 19 heavy (non-hydrogen) atoms. The van der Waals surface area contributed by atoms with Crippen LogP contribution in [-0.2, 0) is 16.0 Å². The van der Waals surface area contributed by atoms with Gasteiger partial charge in [0.15, 0.2) is 5.13 Å². The van der Waals surface area contributed by atoms with Crippen LogP contribution in [0.15, 0.2) is 5.38 Å². The van der Waals surface area contributed by atoms with Gasteiger partial charge < -0.3 is 16.2 Å². The van der Waals surface area contributed by atoms with E-state index in [-0.39, 0.29) is 18.7 Å². The lowest BCUT2D eigenvalue weighted by molar-refractivity contribution is -0.139. The largest absolute Gasteiger partial charge is 0.481 e. The van der Waals surface area contributed by atoms with E-state index in [0.29, 0.717) is 10.8 Å². The van der Waals surface area contributed by atoms with Gasteiger partial charge in [-0.3, -0.25) is 9.59 Å². The van der Waals surface area contributed by atoms with E-state index in [9.17, 15) is 9.59 Å². The maximum Gasteiger partial charge on any atom is 0.305 e. The van der Waals surface area contributed by atoms with Gasteiger partial charge in [-0.25, -0.2) is 4.98 Å². The van der Waals surface area contributed by atoms with Crippen LogP contribution in [0.4, 0.5) is 5.13 Å². The van der Waals surface area contributed by atoms with Crippen molar-refractivity contribution in [3.63, 3.8) is 0 Å². The summed E-state index contributed by atoms with van der Waals surface area (Å²) >= 11 is 1.29. The van der Waals surface area contributed by atoms with Crippen molar-refractivity contribution in [1.29, 1.82) is 0 Å². The molecule has 0 aliphatic heterocycles. The van der Waals surface area contributed by atoms with E-state index in [1.54, 1.807) is 5.38 Å². The monoisotopic (exact) mass is 283 g/mol. The molecule has 1 saturated carbocycles. The fourth-order valence-corrected chi connectivity index (χ4v) is 3.16. The SMILES string of the molecule is Nc1nc(CC(=O)NC2(CC(=O)O)CCCC2)cs1. The Morgan fingerprint density at radius 1 is 1.47 bits per heavy atom. The maximum atomic E-state index is 12.0. The summed E-state index contributed by atoms with van der Waals surface area (Å²) in [4.78, 5) is 26.9. The minimum atomic E-state index is -0.875. The normalized spacial score (nSPS) is 17.3. The second kappa shape index (κ2) is 5.56. The summed E-state index contributed by atoms with van der Waals surface area (Å²) < 4.78 is 0. The first kappa shape index (κ1) is 13.8. The van der Waals surface area contributed by atoms with Crippen molar-refractivity contribution >= 4 is 28.3 Å². The van der Waals surface area contributed by atoms with Crippen LogP contribution >= 0.6 is 11.3 Å². The van der Waals surface area contributed by atoms with Gasteiger partial charge in [-0.2, -0.15) is 0 Å². The molecule has 1 aromatic heterocycles. The minimum Gasteiger partial charge on any atom is -0.481 e. The van der Waals surface area contributed by atoms with Crippen molar-refractivity contribution in [3.05, 3.63) is 11.1 Å². The third kappa shape index (κ3) is 3.66. The summed E-state index contributed by atoms with van der Waals surface area (Å²) in [5.74, 6) is -1.06. The van der Waals surface area contributed by atoms with Gasteiger partial charge >= 0.3 is 5.97 Å². The van der Waals surface area contributed by atoms with Crippen LogP contribution in [0.3, 0.4) is 0 Å². The zero-order chi connectivity index (χ0) is 13.9. The second-order valence-electron chi connectivity index (χ2n) is 4.96. The summed E-state index contributed by atoms with van der Waals surface area (Å²) in [5.41, 5.74) is 5.56. The van der Waals surface area contributed by atoms with E-state index in [4.69, 9.17) is 10.8 Å². The first-order chi connectivity index (χ1) is 8.99. The molecular weight excluding hydrogens is 266 g/mol. The van der Waals surface area contributed by atoms with Crippen LogP contribution in [0.1, 0.15) is 37.8 Å². The lowest BCUT2D eigenvalue weighted by Gasteiger charge is -2.28. The Morgan fingerprint density at radius 3 is 2.68 bits per heavy atom. The first-order valence-electron chi connectivity index (χ1n) is 6.22. The Balaban J connectivity index is 1.97. The number of nitrogens with zero attached hydrogens (tertiary/aromatic N) is 1. The molecule has 0 radical (unpaired) electrons. The van der Waals surface area contributed by atoms with E-state index < -0.39 is 11.5 Å². The van der Waals surface area contributed by atoms with E-state index in [1.165, 1.54) is 11.3 Å². The van der Waals surface area contributed by atoms with Gasteiger partial charge in [-0.1, -0.05) is 12.8 Å². The third-order valence-electron chi connectivity index (χ3n) is 3.37. The quantitative estimate of drug-likeness (QED) is 0.752. The molecule has 0 atom stereocenters. The zero-order valence-electron chi connectivity index (χ0n) is 10.5. The standard InChI is InChI=1S/C12H17N3O3S/c13-11-14-8(7-19-11)5-9(16)15-12(6-10(17)18)3-1-2-4-12/h7H,1-6H2,(H2,13,14)(H,15,16)(H,17,18). The van der Waals surface area contributed by atoms with Gasteiger partial charge in [0.2, 0.25) is 5.91 Å². The summed E-state index contributed by atoms with van der Waals surface area (Å²) in [6, 6.07) is 0. The van der Waals surface area contributed by atoms with Crippen molar-refractivity contribution in [2.24, 2.45) is 0 Å². The fourth-order valence-electron chi connectivity index (χ4n) is 2.60. The van der Waals surface area contributed by atoms with Crippen molar-refractivity contribution in [2.75, 3.05) is 5.73 Å². The number of aliphatic carboxylic acids is 1. The Morgan fingerprint density at radius 2 is 2.16 bits per heavy atom. The number of anilines is 1. The fraction of sp³-hybridized carbons (Fsp3) is 0.583. The van der Waals surface area contributed by atoms with E-state index in [2.05, 4.69) is 10.3 Å². The number of nitrogens with two attached hydrogens (primary N) is 1. The molecule has 0 spiro atoms. The molecule has 0 unspecified atom stereocenters. The number of nitrogen functional groups attached to an aromatic ring is 1. The van der Waals surface area contributed by atoms with E-state index >= 15 is 0 Å². The van der Waals surface area contributed by atoms with Crippen molar-refractivity contribution in [2.45, 2.75) is 44.1 Å². The molecule has 0 bridgehead atoms. The van der Waals surface area contributed by atoms with Crippen molar-refractivity contribution in [1.82, 2.24) is 10.3 Å². The average Bonchev–Trinajstić information content (AvgIpc) is 2.87. The highest BCUT2D eigenvalue weighted by molar-refractivity contribution is 7.13. The van der Waals surface area contributed by atoms with Gasteiger partial charge in [0.1, 0.15) is 0 Å². The number of hydrogen-bond acceptors (Lipinski definition) is 5. The van der Waals surface area contributed by atoms with Gasteiger partial charge in [-0.15, -0.1) is 11.3 Å². The van der Waals surface area contributed by atoms with Crippen molar-refractivity contribution in [3.8, 4) is 0 Å². The number of carboxylic acid groups (broad SMARTS) is 1. The van der Waals surface area contributed by atoms with E-state index in [1.807, 2.05) is 0 Å². The molecular formula is C12H17N3O3S. The summed E-state index contributed by atoms with van der Waals surface area (Å²) in [5, 5.41) is 14.0. The van der Waals surface area contributed by atoms with Gasteiger partial charge in [-0.05, 0) is 12.8 Å². The maximum absolute atomic E-state index is 12.0. The van der Waals surface area contributed by atoms with Crippen LogP contribution in [0.5, 0.6) is 0 Å². The smallest absolute Gasteiger partial charge is 0.305 e. The lowest BCUT2D eigenvalue weighted by Crippen LogP contribution is -2.48. The third-order valence-corrected chi connectivity index (χ3v) is 4.09. The number of carbonyl (C=O) groups excluding carboxylic acids is 1. The number of carbonyl (C=O) groups is 2. The van der Waals surface area contributed by atoms with E-state index in [0.717, 1.165) is 25.7 Å². The molecule has 4 N–H and O–H groups in total. The highest BCUT2D eigenvalue weighted by Gasteiger charge is 2.37. The van der Waals surface area contributed by atoms with Crippen LogP contribution in [0.2, 0.25) is 0 Å². The summed E-state index contributed by atoms with van der Waals surface area (Å²) in [6.45, 7) is 0. The molecule has 7 heteroatoms. The molecule has 1 fully saturated rings. The highest BCUT2D eigenvalue weighted by Crippen LogP contribution is 2.32. The van der Waals surface area contributed by atoms with Crippen molar-refractivity contribution < 1.29 is 14.7 Å². The molecule has 2 rings (SSSR count). The molecule has 1 aromatic rings. The number of aromatic nitrogens is 1. The molecule has 104 valence electrons. The molecule has 1 amide bonds. The second-order valence-corrected chi connectivity index (χ2v) is 5.85. The topological polar surface area (TPSA) is 105 Å². The number of nitrogens with one attached hydrogen (secondary N) is 1. The molecule has 1 aliphatic rings. The number of hydrogen-bond donors (Lipinski definition) is 3. The summed E-state index contributed by atoms with van der Waals surface area (Å²) in [6.07, 6.45) is 3.50.